The van der Waals surface area contributed by atoms with Crippen LogP contribution in [0, 0.1) is 0 Å². The summed E-state index contributed by atoms with van der Waals surface area (Å²) in [6.45, 7) is 0.520. The number of benzene rings is 1. The first kappa shape index (κ1) is 16.8. The summed E-state index contributed by atoms with van der Waals surface area (Å²) in [5.41, 5.74) is 1.64. The van der Waals surface area contributed by atoms with Crippen molar-refractivity contribution in [1.29, 1.82) is 0 Å². The second kappa shape index (κ2) is 7.73. The van der Waals surface area contributed by atoms with E-state index in [0.29, 0.717) is 13.0 Å². The van der Waals surface area contributed by atoms with Crippen LogP contribution in [-0.4, -0.2) is 47.3 Å². The van der Waals surface area contributed by atoms with Crippen molar-refractivity contribution >= 4 is 11.6 Å². The number of aryl methyl sites for hydroxylation is 1. The summed E-state index contributed by atoms with van der Waals surface area (Å²) < 4.78 is 3.41. The third kappa shape index (κ3) is 3.66. The summed E-state index contributed by atoms with van der Waals surface area (Å²) in [7, 11) is 0. The van der Waals surface area contributed by atoms with Crippen LogP contribution in [0.2, 0.25) is 0 Å². The molecule has 0 saturated carbocycles. The van der Waals surface area contributed by atoms with Crippen LogP contribution in [0.25, 0.3) is 5.65 Å². The molecule has 0 spiro atoms. The van der Waals surface area contributed by atoms with Gasteiger partial charge in [-0.05, 0) is 34.5 Å². The van der Waals surface area contributed by atoms with Crippen molar-refractivity contribution in [3.05, 3.63) is 72.4 Å². The van der Waals surface area contributed by atoms with E-state index in [4.69, 9.17) is 0 Å². The van der Waals surface area contributed by atoms with Gasteiger partial charge in [0.1, 0.15) is 12.2 Å². The molecule has 3 aromatic heterocycles. The van der Waals surface area contributed by atoms with E-state index >= 15 is 0 Å². The molecular formula is C18H18N8O. The Morgan fingerprint density at radius 3 is 2.74 bits per heavy atom. The van der Waals surface area contributed by atoms with Crippen molar-refractivity contribution in [1.82, 2.24) is 40.1 Å². The van der Waals surface area contributed by atoms with E-state index in [1.165, 1.54) is 11.0 Å². The minimum atomic E-state index is -0.602. The maximum atomic E-state index is 12.8. The van der Waals surface area contributed by atoms with Crippen molar-refractivity contribution in [2.24, 2.45) is 0 Å². The molecule has 136 valence electrons. The lowest BCUT2D eigenvalue weighted by atomic mass is 10.1. The predicted octanol–water partition coefficient (Wildman–Crippen LogP) is 1.05. The average molecular weight is 362 g/mol. The largest absolute Gasteiger partial charge is 0.354 e. The molecule has 1 amide bonds. The lowest BCUT2D eigenvalue weighted by Gasteiger charge is -2.16. The Hall–Kier alpha value is -3.62. The Kier molecular flexibility index (Phi) is 4.82. The minimum absolute atomic E-state index is 0.153. The van der Waals surface area contributed by atoms with Crippen LogP contribution in [0.15, 0.2) is 61.1 Å². The number of carbonyl (C=O) groups excluding carboxylic acids is 1. The Bertz CT molecular complexity index is 1010. The average Bonchev–Trinajstić information content (AvgIpc) is 3.37. The highest BCUT2D eigenvalue weighted by atomic mass is 16.2. The van der Waals surface area contributed by atoms with Gasteiger partial charge < -0.3 is 5.32 Å². The van der Waals surface area contributed by atoms with E-state index in [1.807, 2.05) is 59.1 Å². The van der Waals surface area contributed by atoms with Crippen molar-refractivity contribution < 1.29 is 4.79 Å². The van der Waals surface area contributed by atoms with Gasteiger partial charge in [0.05, 0.1) is 0 Å². The fourth-order valence-electron chi connectivity index (χ4n) is 2.96. The first-order valence-corrected chi connectivity index (χ1v) is 8.67. The van der Waals surface area contributed by atoms with Gasteiger partial charge in [-0.15, -0.1) is 15.3 Å². The molecule has 9 nitrogen and oxygen atoms in total. The minimum Gasteiger partial charge on any atom is -0.354 e. The molecule has 0 aliphatic carbocycles. The number of fused-ring (bicyclic) bond motifs is 1. The number of rotatable bonds is 7. The molecule has 3 heterocycles. The molecule has 0 bridgehead atoms. The molecule has 0 aliphatic rings. The molecule has 0 aliphatic heterocycles. The Morgan fingerprint density at radius 2 is 1.93 bits per heavy atom. The monoisotopic (exact) mass is 362 g/mol. The standard InChI is InChI=1S/C18H18N8O/c27-18(17(26-13-20-23-24-26)14-7-2-1-3-8-14)19-11-6-10-16-22-21-15-9-4-5-12-25(15)16/h1-5,7-9,12-13,17H,6,10-11H2,(H,19,27)/t17-/m1/s1. The van der Waals surface area contributed by atoms with Gasteiger partial charge in [-0.3, -0.25) is 9.20 Å². The maximum absolute atomic E-state index is 12.8. The molecule has 4 aromatic rings. The van der Waals surface area contributed by atoms with Crippen molar-refractivity contribution in [3.8, 4) is 0 Å². The van der Waals surface area contributed by atoms with Crippen LogP contribution >= 0.6 is 0 Å². The summed E-state index contributed by atoms with van der Waals surface area (Å²) >= 11 is 0. The van der Waals surface area contributed by atoms with E-state index < -0.39 is 6.04 Å². The second-order valence-corrected chi connectivity index (χ2v) is 6.04. The Morgan fingerprint density at radius 1 is 1.07 bits per heavy atom. The molecule has 0 fully saturated rings. The van der Waals surface area contributed by atoms with Crippen LogP contribution in [-0.2, 0) is 11.2 Å². The summed E-state index contributed by atoms with van der Waals surface area (Å²) in [5.74, 6) is 0.722. The van der Waals surface area contributed by atoms with E-state index in [1.54, 1.807) is 0 Å². The quantitative estimate of drug-likeness (QED) is 0.493. The van der Waals surface area contributed by atoms with Gasteiger partial charge in [-0.1, -0.05) is 36.4 Å². The summed E-state index contributed by atoms with van der Waals surface area (Å²) in [6, 6.07) is 14.6. The van der Waals surface area contributed by atoms with E-state index in [2.05, 4.69) is 31.0 Å². The summed E-state index contributed by atoms with van der Waals surface area (Å²) in [5, 5.41) is 22.5. The highest BCUT2D eigenvalue weighted by Gasteiger charge is 2.23. The number of pyridine rings is 1. The molecule has 4 rings (SSSR count). The van der Waals surface area contributed by atoms with Gasteiger partial charge in [-0.25, -0.2) is 4.68 Å². The van der Waals surface area contributed by atoms with Gasteiger partial charge >= 0.3 is 0 Å². The Balaban J connectivity index is 1.39. The van der Waals surface area contributed by atoms with Crippen molar-refractivity contribution in [2.45, 2.75) is 18.9 Å². The zero-order chi connectivity index (χ0) is 18.5. The number of nitrogens with one attached hydrogen (secondary N) is 1. The number of carbonyl (C=O) groups is 1. The first-order valence-electron chi connectivity index (χ1n) is 8.67. The summed E-state index contributed by atoms with van der Waals surface area (Å²) in [4.78, 5) is 12.8. The smallest absolute Gasteiger partial charge is 0.249 e. The van der Waals surface area contributed by atoms with Gasteiger partial charge in [0.2, 0.25) is 5.91 Å². The van der Waals surface area contributed by atoms with Crippen LogP contribution < -0.4 is 5.32 Å². The molecule has 0 unspecified atom stereocenters. The highest BCUT2D eigenvalue weighted by molar-refractivity contribution is 5.83. The number of hydrogen-bond donors (Lipinski definition) is 1. The highest BCUT2D eigenvalue weighted by Crippen LogP contribution is 2.16. The number of hydrogen-bond acceptors (Lipinski definition) is 6. The van der Waals surface area contributed by atoms with Crippen LogP contribution in [0.1, 0.15) is 23.9 Å². The van der Waals surface area contributed by atoms with Gasteiger partial charge in [0.25, 0.3) is 0 Å². The third-order valence-corrected chi connectivity index (χ3v) is 4.25. The fourth-order valence-corrected chi connectivity index (χ4v) is 2.96. The van der Waals surface area contributed by atoms with E-state index in [-0.39, 0.29) is 5.91 Å². The molecular weight excluding hydrogens is 344 g/mol. The third-order valence-electron chi connectivity index (χ3n) is 4.25. The molecule has 9 heteroatoms. The molecule has 0 radical (unpaired) electrons. The normalized spacial score (nSPS) is 12.1. The van der Waals surface area contributed by atoms with Crippen LogP contribution in [0.3, 0.4) is 0 Å². The maximum Gasteiger partial charge on any atom is 0.249 e. The molecule has 1 N–H and O–H groups in total. The summed E-state index contributed by atoms with van der Waals surface area (Å²) in [6.07, 6.45) is 4.84. The van der Waals surface area contributed by atoms with Gasteiger partial charge in [-0.2, -0.15) is 0 Å². The number of tetrazole rings is 1. The van der Waals surface area contributed by atoms with Crippen molar-refractivity contribution in [3.63, 3.8) is 0 Å². The molecule has 0 saturated heterocycles. The molecule has 1 atom stereocenters. The Labute approximate surface area is 155 Å². The number of aromatic nitrogens is 7. The number of nitrogens with zero attached hydrogens (tertiary/aromatic N) is 7. The predicted molar refractivity (Wildman–Crippen MR) is 96.7 cm³/mol. The topological polar surface area (TPSA) is 103 Å². The molecule has 1 aromatic carbocycles. The van der Waals surface area contributed by atoms with Crippen LogP contribution in [0.4, 0.5) is 0 Å². The van der Waals surface area contributed by atoms with Crippen molar-refractivity contribution in [2.75, 3.05) is 6.54 Å². The molecule has 27 heavy (non-hydrogen) atoms. The van der Waals surface area contributed by atoms with E-state index in [0.717, 1.165) is 23.5 Å². The zero-order valence-electron chi connectivity index (χ0n) is 14.5. The second-order valence-electron chi connectivity index (χ2n) is 6.04. The number of amides is 1. The lowest BCUT2D eigenvalue weighted by Crippen LogP contribution is -2.34. The zero-order valence-corrected chi connectivity index (χ0v) is 14.5. The van der Waals surface area contributed by atoms with Crippen LogP contribution in [0.5, 0.6) is 0 Å². The van der Waals surface area contributed by atoms with Gasteiger partial charge in [0.15, 0.2) is 11.7 Å². The fraction of sp³-hybridized carbons (Fsp3) is 0.222. The van der Waals surface area contributed by atoms with E-state index in [9.17, 15) is 4.79 Å². The van der Waals surface area contributed by atoms with Gasteiger partial charge in [0, 0.05) is 19.2 Å². The lowest BCUT2D eigenvalue weighted by molar-refractivity contribution is -0.123. The SMILES string of the molecule is O=C(NCCCc1nnc2ccccn12)[C@@H](c1ccccc1)n1cnnn1. The first-order chi connectivity index (χ1) is 13.3.